The van der Waals surface area contributed by atoms with E-state index < -0.39 is 23.8 Å². The van der Waals surface area contributed by atoms with Crippen molar-refractivity contribution in [2.24, 2.45) is 0 Å². The Morgan fingerprint density at radius 3 is 2.52 bits per heavy atom. The van der Waals surface area contributed by atoms with Crippen molar-refractivity contribution >= 4 is 22.8 Å². The van der Waals surface area contributed by atoms with Crippen LogP contribution in [0, 0.1) is 11.6 Å². The highest BCUT2D eigenvalue weighted by atomic mass is 35.5. The maximum atomic E-state index is 14.0. The summed E-state index contributed by atoms with van der Waals surface area (Å²) in [5, 5.41) is 10.2. The normalized spacial score (nSPS) is 18.6. The van der Waals surface area contributed by atoms with E-state index in [4.69, 9.17) is 21.1 Å². The lowest BCUT2D eigenvalue weighted by molar-refractivity contribution is 0.0679. The number of hydrogen-bond acceptors (Lipinski definition) is 5. The van der Waals surface area contributed by atoms with Gasteiger partial charge < -0.3 is 19.6 Å². The Balaban J connectivity index is 1.44. The third-order valence-corrected chi connectivity index (χ3v) is 5.36. The molecule has 1 unspecified atom stereocenters. The van der Waals surface area contributed by atoms with Gasteiger partial charge in [-0.3, -0.25) is 0 Å². The first-order valence-electron chi connectivity index (χ1n) is 9.52. The predicted molar refractivity (Wildman–Crippen MR) is 111 cm³/mol. The molecule has 2 atom stereocenters. The first kappa shape index (κ1) is 19.9. The molecule has 1 fully saturated rings. The van der Waals surface area contributed by atoms with Crippen molar-refractivity contribution in [3.8, 4) is 28.4 Å². The van der Waals surface area contributed by atoms with Crippen LogP contribution in [0.4, 0.5) is 8.78 Å². The van der Waals surface area contributed by atoms with Crippen LogP contribution in [0.1, 0.15) is 0 Å². The molecular formula is C22H16ClF2N3O3. The van der Waals surface area contributed by atoms with Crippen molar-refractivity contribution in [3.63, 3.8) is 0 Å². The van der Waals surface area contributed by atoms with E-state index in [1.54, 1.807) is 30.3 Å². The average Bonchev–Trinajstić information content (AvgIpc) is 3.33. The Kier molecular flexibility index (Phi) is 5.05. The fourth-order valence-electron chi connectivity index (χ4n) is 3.46. The SMILES string of the molecule is OC1COC[C@H]1Oc1nc2nc(-c3ccc(-c4ccc(F)cc4F)cc3)c(Cl)cc2[nH]1. The molecule has 0 aliphatic carbocycles. The zero-order valence-electron chi connectivity index (χ0n) is 16.0. The lowest BCUT2D eigenvalue weighted by Gasteiger charge is -2.11. The first-order chi connectivity index (χ1) is 15.0. The number of benzene rings is 2. The van der Waals surface area contributed by atoms with Gasteiger partial charge in [-0.1, -0.05) is 35.9 Å². The van der Waals surface area contributed by atoms with Crippen molar-refractivity contribution in [2.45, 2.75) is 12.2 Å². The lowest BCUT2D eigenvalue weighted by atomic mass is 10.0. The van der Waals surface area contributed by atoms with E-state index in [2.05, 4.69) is 15.0 Å². The number of aromatic nitrogens is 3. The van der Waals surface area contributed by atoms with E-state index in [-0.39, 0.29) is 19.2 Å². The molecule has 31 heavy (non-hydrogen) atoms. The molecule has 0 spiro atoms. The quantitative estimate of drug-likeness (QED) is 0.490. The zero-order chi connectivity index (χ0) is 21.5. The van der Waals surface area contributed by atoms with E-state index in [1.807, 2.05) is 0 Å². The maximum Gasteiger partial charge on any atom is 0.296 e. The zero-order valence-corrected chi connectivity index (χ0v) is 16.7. The second-order valence-electron chi connectivity index (χ2n) is 7.19. The number of pyridine rings is 1. The number of rotatable bonds is 4. The number of imidazole rings is 1. The monoisotopic (exact) mass is 443 g/mol. The number of aliphatic hydroxyl groups is 1. The van der Waals surface area contributed by atoms with E-state index in [1.165, 1.54) is 12.1 Å². The number of aromatic amines is 1. The molecule has 158 valence electrons. The van der Waals surface area contributed by atoms with Crippen molar-refractivity contribution in [1.29, 1.82) is 0 Å². The fraction of sp³-hybridized carbons (Fsp3) is 0.182. The van der Waals surface area contributed by atoms with Crippen LogP contribution in [0.15, 0.2) is 48.5 Å². The van der Waals surface area contributed by atoms with Crippen molar-refractivity contribution in [1.82, 2.24) is 15.0 Å². The molecule has 4 aromatic rings. The molecule has 2 aromatic heterocycles. The van der Waals surface area contributed by atoms with Crippen LogP contribution in [0.5, 0.6) is 6.01 Å². The Labute approximate surface area is 180 Å². The number of halogens is 3. The number of nitrogens with one attached hydrogen (secondary N) is 1. The van der Waals surface area contributed by atoms with Crippen LogP contribution < -0.4 is 4.74 Å². The second-order valence-corrected chi connectivity index (χ2v) is 7.60. The van der Waals surface area contributed by atoms with Crippen LogP contribution in [0.2, 0.25) is 5.02 Å². The third kappa shape index (κ3) is 3.85. The third-order valence-electron chi connectivity index (χ3n) is 5.07. The van der Waals surface area contributed by atoms with Gasteiger partial charge in [0.1, 0.15) is 17.7 Å². The summed E-state index contributed by atoms with van der Waals surface area (Å²) in [4.78, 5) is 11.8. The Hall–Kier alpha value is -3.07. The number of ether oxygens (including phenoxy) is 2. The van der Waals surface area contributed by atoms with Crippen LogP contribution in [0.25, 0.3) is 33.5 Å². The van der Waals surface area contributed by atoms with Gasteiger partial charge in [0.05, 0.1) is 29.4 Å². The van der Waals surface area contributed by atoms with E-state index in [0.717, 1.165) is 6.07 Å². The minimum Gasteiger partial charge on any atom is -0.456 e. The molecule has 0 saturated carbocycles. The molecule has 0 bridgehead atoms. The van der Waals surface area contributed by atoms with Crippen molar-refractivity contribution < 1.29 is 23.4 Å². The number of fused-ring (bicyclic) bond motifs is 1. The average molecular weight is 444 g/mol. The van der Waals surface area contributed by atoms with Crippen LogP contribution in [-0.2, 0) is 4.74 Å². The summed E-state index contributed by atoms with van der Waals surface area (Å²) in [6, 6.07) is 12.3. The molecule has 3 heterocycles. The highest BCUT2D eigenvalue weighted by molar-refractivity contribution is 6.33. The van der Waals surface area contributed by atoms with Crippen LogP contribution in [0.3, 0.4) is 0 Å². The summed E-state index contributed by atoms with van der Waals surface area (Å²) in [5.74, 6) is -1.26. The maximum absolute atomic E-state index is 14.0. The largest absolute Gasteiger partial charge is 0.456 e. The highest BCUT2D eigenvalue weighted by Crippen LogP contribution is 2.32. The van der Waals surface area contributed by atoms with Crippen LogP contribution >= 0.6 is 11.6 Å². The molecule has 1 aliphatic heterocycles. The minimum atomic E-state index is -0.718. The molecule has 1 saturated heterocycles. The Morgan fingerprint density at radius 1 is 1.03 bits per heavy atom. The van der Waals surface area contributed by atoms with Gasteiger partial charge in [0.25, 0.3) is 6.01 Å². The summed E-state index contributed by atoms with van der Waals surface area (Å²) in [7, 11) is 0. The lowest BCUT2D eigenvalue weighted by Crippen LogP contribution is -2.30. The summed E-state index contributed by atoms with van der Waals surface area (Å²) in [6.45, 7) is 0.496. The summed E-state index contributed by atoms with van der Waals surface area (Å²) in [6.07, 6.45) is -1.22. The van der Waals surface area contributed by atoms with Crippen molar-refractivity contribution in [2.75, 3.05) is 13.2 Å². The summed E-state index contributed by atoms with van der Waals surface area (Å²) < 4.78 is 38.0. The minimum absolute atomic E-state index is 0.215. The van der Waals surface area contributed by atoms with Gasteiger partial charge in [0.15, 0.2) is 11.8 Å². The van der Waals surface area contributed by atoms with Crippen LogP contribution in [-0.4, -0.2) is 45.5 Å². The molecule has 0 radical (unpaired) electrons. The molecular weight excluding hydrogens is 428 g/mol. The second kappa shape index (κ2) is 7.88. The molecule has 6 nitrogen and oxygen atoms in total. The molecule has 2 N–H and O–H groups in total. The summed E-state index contributed by atoms with van der Waals surface area (Å²) in [5.41, 5.74) is 3.10. The van der Waals surface area contributed by atoms with Gasteiger partial charge in [-0.25, -0.2) is 13.8 Å². The van der Waals surface area contributed by atoms with E-state index >= 15 is 0 Å². The standard InChI is InChI=1S/C22H16ClF2N3O3/c23-15-8-17-21(28-22(26-17)31-19-10-30-9-18(19)29)27-20(15)12-3-1-11(2-4-12)14-6-5-13(24)7-16(14)25/h1-8,18-19,29H,9-10H2,(H,26,27,28)/t18?,19-/m1/s1. The molecule has 2 aromatic carbocycles. The number of nitrogens with zero attached hydrogens (tertiary/aromatic N) is 2. The van der Waals surface area contributed by atoms with Gasteiger partial charge >= 0.3 is 0 Å². The fourth-order valence-corrected chi connectivity index (χ4v) is 3.72. The molecule has 0 amide bonds. The first-order valence-corrected chi connectivity index (χ1v) is 9.90. The van der Waals surface area contributed by atoms with E-state index in [0.29, 0.717) is 38.6 Å². The molecule has 1 aliphatic rings. The predicted octanol–water partition coefficient (Wildman–Crippen LogP) is 4.36. The number of aliphatic hydroxyl groups excluding tert-OH is 1. The summed E-state index contributed by atoms with van der Waals surface area (Å²) >= 11 is 6.43. The van der Waals surface area contributed by atoms with Gasteiger partial charge in [-0.05, 0) is 23.8 Å². The van der Waals surface area contributed by atoms with Gasteiger partial charge in [-0.15, -0.1) is 0 Å². The number of H-pyrrole nitrogens is 1. The van der Waals surface area contributed by atoms with Gasteiger partial charge in [0, 0.05) is 17.2 Å². The Bertz CT molecular complexity index is 1260. The number of hydrogen-bond donors (Lipinski definition) is 2. The highest BCUT2D eigenvalue weighted by Gasteiger charge is 2.29. The van der Waals surface area contributed by atoms with Gasteiger partial charge in [-0.2, -0.15) is 4.98 Å². The topological polar surface area (TPSA) is 80.3 Å². The van der Waals surface area contributed by atoms with Gasteiger partial charge in [0.2, 0.25) is 0 Å². The molecule has 9 heteroatoms. The Morgan fingerprint density at radius 2 is 1.81 bits per heavy atom. The molecule has 5 rings (SSSR count). The van der Waals surface area contributed by atoms with E-state index in [9.17, 15) is 13.9 Å². The smallest absolute Gasteiger partial charge is 0.296 e. The van der Waals surface area contributed by atoms with Crippen molar-refractivity contribution in [3.05, 3.63) is 65.2 Å².